The van der Waals surface area contributed by atoms with Gasteiger partial charge in [-0.05, 0) is 31.5 Å². The second-order valence-corrected chi connectivity index (χ2v) is 6.06. The Bertz CT molecular complexity index is 375. The molecule has 1 rings (SSSR count). The summed E-state index contributed by atoms with van der Waals surface area (Å²) in [7, 11) is -0.908. The second kappa shape index (κ2) is 9.48. The standard InChI is InChI=1S/C14H21ClO3S/c1-3-17-14(18-4-2)9-10-19(16)11-12-5-7-13(15)8-6-12/h5-8,14H,3-4,9-11H2,1-2H3. The van der Waals surface area contributed by atoms with Gasteiger partial charge in [-0.1, -0.05) is 23.7 Å². The van der Waals surface area contributed by atoms with Crippen LogP contribution >= 0.6 is 11.6 Å². The summed E-state index contributed by atoms with van der Waals surface area (Å²) in [6.45, 7) is 5.07. The molecule has 0 fully saturated rings. The Hall–Kier alpha value is -0.420. The maximum Gasteiger partial charge on any atom is 0.158 e. The first-order valence-corrected chi connectivity index (χ1v) is 8.35. The molecule has 0 radical (unpaired) electrons. The molecule has 0 spiro atoms. The zero-order valence-corrected chi connectivity index (χ0v) is 13.0. The van der Waals surface area contributed by atoms with E-state index in [0.717, 1.165) is 5.56 Å². The molecule has 19 heavy (non-hydrogen) atoms. The Labute approximate surface area is 122 Å². The van der Waals surface area contributed by atoms with Crippen LogP contribution in [0.2, 0.25) is 5.02 Å². The van der Waals surface area contributed by atoms with Crippen LogP contribution in [0.3, 0.4) is 0 Å². The topological polar surface area (TPSA) is 35.5 Å². The molecule has 3 nitrogen and oxygen atoms in total. The molecule has 1 aromatic carbocycles. The third-order valence-electron chi connectivity index (χ3n) is 2.53. The van der Waals surface area contributed by atoms with Gasteiger partial charge in [0.05, 0.1) is 0 Å². The zero-order chi connectivity index (χ0) is 14.1. The molecule has 0 aliphatic carbocycles. The van der Waals surface area contributed by atoms with E-state index in [1.54, 1.807) is 0 Å². The Kier molecular flexibility index (Phi) is 8.30. The summed E-state index contributed by atoms with van der Waals surface area (Å²) in [6, 6.07) is 7.44. The highest BCUT2D eigenvalue weighted by molar-refractivity contribution is 7.84. The molecule has 0 heterocycles. The van der Waals surface area contributed by atoms with Gasteiger partial charge in [0.15, 0.2) is 6.29 Å². The van der Waals surface area contributed by atoms with E-state index in [9.17, 15) is 4.21 Å². The average Bonchev–Trinajstić information content (AvgIpc) is 2.39. The van der Waals surface area contributed by atoms with Gasteiger partial charge in [-0.25, -0.2) is 0 Å². The van der Waals surface area contributed by atoms with E-state index in [-0.39, 0.29) is 6.29 Å². The van der Waals surface area contributed by atoms with Gasteiger partial charge < -0.3 is 9.47 Å². The van der Waals surface area contributed by atoms with Crippen molar-refractivity contribution in [2.24, 2.45) is 0 Å². The first-order chi connectivity index (χ1) is 9.15. The maximum atomic E-state index is 12.0. The van der Waals surface area contributed by atoms with Crippen LogP contribution in [0.15, 0.2) is 24.3 Å². The van der Waals surface area contributed by atoms with E-state index >= 15 is 0 Å². The van der Waals surface area contributed by atoms with E-state index < -0.39 is 10.8 Å². The smallest absolute Gasteiger partial charge is 0.158 e. The molecule has 1 unspecified atom stereocenters. The van der Waals surface area contributed by atoms with Crippen molar-refractivity contribution >= 4 is 22.4 Å². The van der Waals surface area contributed by atoms with Crippen LogP contribution in [0.5, 0.6) is 0 Å². The van der Waals surface area contributed by atoms with Crippen LogP contribution in [0.1, 0.15) is 25.8 Å². The lowest BCUT2D eigenvalue weighted by Crippen LogP contribution is -2.20. The van der Waals surface area contributed by atoms with Crippen molar-refractivity contribution in [2.75, 3.05) is 19.0 Å². The fourth-order valence-electron chi connectivity index (χ4n) is 1.65. The van der Waals surface area contributed by atoms with Crippen molar-refractivity contribution in [2.45, 2.75) is 32.3 Å². The lowest BCUT2D eigenvalue weighted by atomic mass is 10.2. The quantitative estimate of drug-likeness (QED) is 0.656. The van der Waals surface area contributed by atoms with E-state index in [0.29, 0.717) is 36.2 Å². The number of halogens is 1. The van der Waals surface area contributed by atoms with E-state index in [4.69, 9.17) is 21.1 Å². The van der Waals surface area contributed by atoms with Gasteiger partial charge in [0.1, 0.15) is 0 Å². The minimum Gasteiger partial charge on any atom is -0.353 e. The van der Waals surface area contributed by atoms with E-state index in [1.165, 1.54) is 0 Å². The van der Waals surface area contributed by atoms with Crippen molar-refractivity contribution in [3.8, 4) is 0 Å². The second-order valence-electron chi connectivity index (χ2n) is 4.04. The van der Waals surface area contributed by atoms with E-state index in [1.807, 2.05) is 38.1 Å². The summed E-state index contributed by atoms with van der Waals surface area (Å²) in [4.78, 5) is 0. The fourth-order valence-corrected chi connectivity index (χ4v) is 2.94. The minimum absolute atomic E-state index is 0.246. The molecule has 108 valence electrons. The summed E-state index contributed by atoms with van der Waals surface area (Å²) < 4.78 is 22.8. The predicted molar refractivity (Wildman–Crippen MR) is 79.8 cm³/mol. The molecule has 0 aliphatic rings. The summed E-state index contributed by atoms with van der Waals surface area (Å²) >= 11 is 5.81. The summed E-state index contributed by atoms with van der Waals surface area (Å²) in [6.07, 6.45) is 0.409. The molecular formula is C14H21ClO3S. The third kappa shape index (κ3) is 7.06. The van der Waals surface area contributed by atoms with Gasteiger partial charge >= 0.3 is 0 Å². The molecule has 0 aromatic heterocycles. The molecule has 1 atom stereocenters. The van der Waals surface area contributed by atoms with Crippen molar-refractivity contribution in [1.29, 1.82) is 0 Å². The predicted octanol–water partition coefficient (Wildman–Crippen LogP) is 3.38. The molecule has 5 heteroatoms. The van der Waals surface area contributed by atoms with Gasteiger partial charge in [0.2, 0.25) is 0 Å². The van der Waals surface area contributed by atoms with Crippen LogP contribution in [0, 0.1) is 0 Å². The lowest BCUT2D eigenvalue weighted by molar-refractivity contribution is -0.136. The number of rotatable bonds is 9. The van der Waals surface area contributed by atoms with Crippen LogP contribution in [-0.4, -0.2) is 29.5 Å². The number of ether oxygens (including phenoxy) is 2. The van der Waals surface area contributed by atoms with Gasteiger partial charge in [0.25, 0.3) is 0 Å². The van der Waals surface area contributed by atoms with Crippen LogP contribution in [0.4, 0.5) is 0 Å². The largest absolute Gasteiger partial charge is 0.353 e. The Morgan fingerprint density at radius 3 is 2.26 bits per heavy atom. The number of benzene rings is 1. The molecular weight excluding hydrogens is 284 g/mol. The summed E-state index contributed by atoms with van der Waals surface area (Å²) in [5.41, 5.74) is 1.03. The maximum absolute atomic E-state index is 12.0. The summed E-state index contributed by atoms with van der Waals surface area (Å²) in [5.74, 6) is 1.12. The van der Waals surface area contributed by atoms with Crippen molar-refractivity contribution in [3.05, 3.63) is 34.9 Å². The lowest BCUT2D eigenvalue weighted by Gasteiger charge is -2.16. The first kappa shape index (κ1) is 16.6. The van der Waals surface area contributed by atoms with Crippen LogP contribution in [0.25, 0.3) is 0 Å². The van der Waals surface area contributed by atoms with Gasteiger partial charge in [-0.15, -0.1) is 0 Å². The summed E-state index contributed by atoms with van der Waals surface area (Å²) in [5, 5.41) is 0.697. The third-order valence-corrected chi connectivity index (χ3v) is 4.13. The normalized spacial score (nSPS) is 12.8. The molecule has 0 N–H and O–H groups in total. The highest BCUT2D eigenvalue weighted by Gasteiger charge is 2.10. The van der Waals surface area contributed by atoms with Gasteiger partial charge in [-0.3, -0.25) is 4.21 Å². The Morgan fingerprint density at radius 2 is 1.74 bits per heavy atom. The molecule has 0 amide bonds. The minimum atomic E-state index is -0.908. The van der Waals surface area contributed by atoms with Crippen molar-refractivity contribution in [3.63, 3.8) is 0 Å². The molecule has 0 saturated heterocycles. The average molecular weight is 305 g/mol. The van der Waals surface area contributed by atoms with E-state index in [2.05, 4.69) is 0 Å². The van der Waals surface area contributed by atoms with Gasteiger partial charge in [0, 0.05) is 47.0 Å². The van der Waals surface area contributed by atoms with Crippen LogP contribution in [-0.2, 0) is 26.0 Å². The Balaban J connectivity index is 2.35. The number of hydrogen-bond acceptors (Lipinski definition) is 3. The SMILES string of the molecule is CCOC(CCS(=O)Cc1ccc(Cl)cc1)OCC. The molecule has 0 saturated carbocycles. The first-order valence-electron chi connectivity index (χ1n) is 6.48. The van der Waals surface area contributed by atoms with Crippen molar-refractivity contribution in [1.82, 2.24) is 0 Å². The monoisotopic (exact) mass is 304 g/mol. The molecule has 1 aromatic rings. The highest BCUT2D eigenvalue weighted by atomic mass is 35.5. The van der Waals surface area contributed by atoms with Crippen LogP contribution < -0.4 is 0 Å². The molecule has 0 bridgehead atoms. The Morgan fingerprint density at radius 1 is 1.16 bits per heavy atom. The number of hydrogen-bond donors (Lipinski definition) is 0. The fraction of sp³-hybridized carbons (Fsp3) is 0.571. The highest BCUT2D eigenvalue weighted by Crippen LogP contribution is 2.12. The molecule has 0 aliphatic heterocycles. The van der Waals surface area contributed by atoms with Crippen molar-refractivity contribution < 1.29 is 13.7 Å². The zero-order valence-electron chi connectivity index (χ0n) is 11.4. The van der Waals surface area contributed by atoms with Gasteiger partial charge in [-0.2, -0.15) is 0 Å².